The molecule has 4 nitrogen and oxygen atoms in total. The van der Waals surface area contributed by atoms with Gasteiger partial charge in [-0.25, -0.2) is 13.1 Å². The van der Waals surface area contributed by atoms with Crippen LogP contribution in [0.3, 0.4) is 0 Å². The lowest BCUT2D eigenvalue weighted by Gasteiger charge is -2.13. The normalized spacial score (nSPS) is 12.0. The Balaban J connectivity index is 2.94. The van der Waals surface area contributed by atoms with Gasteiger partial charge in [-0.3, -0.25) is 0 Å². The first-order valence-electron chi connectivity index (χ1n) is 6.28. The summed E-state index contributed by atoms with van der Waals surface area (Å²) in [5, 5.41) is 3.24. The summed E-state index contributed by atoms with van der Waals surface area (Å²) in [5.41, 5.74) is 0.801. The Kier molecular flexibility index (Phi) is 5.78. The Bertz CT molecular complexity index is 470. The average molecular weight is 270 g/mol. The van der Waals surface area contributed by atoms with Crippen molar-refractivity contribution in [3.63, 3.8) is 0 Å². The van der Waals surface area contributed by atoms with E-state index in [2.05, 4.69) is 10.0 Å². The summed E-state index contributed by atoms with van der Waals surface area (Å²) >= 11 is 0. The Morgan fingerprint density at radius 3 is 2.50 bits per heavy atom. The third kappa shape index (κ3) is 4.40. The van der Waals surface area contributed by atoms with E-state index in [4.69, 9.17) is 0 Å². The van der Waals surface area contributed by atoms with E-state index in [9.17, 15) is 8.42 Å². The second-order valence-electron chi connectivity index (χ2n) is 4.54. The van der Waals surface area contributed by atoms with E-state index in [-0.39, 0.29) is 0 Å². The largest absolute Gasteiger partial charge is 0.310 e. The van der Waals surface area contributed by atoms with Crippen molar-refractivity contribution in [2.75, 3.05) is 6.54 Å². The van der Waals surface area contributed by atoms with Crippen molar-refractivity contribution < 1.29 is 8.42 Å². The van der Waals surface area contributed by atoms with Gasteiger partial charge >= 0.3 is 0 Å². The Morgan fingerprint density at radius 1 is 1.22 bits per heavy atom. The molecule has 0 bridgehead atoms. The fourth-order valence-corrected chi connectivity index (χ4v) is 2.91. The number of hydrogen-bond donors (Lipinski definition) is 2. The maximum atomic E-state index is 12.1. The van der Waals surface area contributed by atoms with Gasteiger partial charge in [0.1, 0.15) is 0 Å². The Labute approximate surface area is 110 Å². The van der Waals surface area contributed by atoms with Crippen LogP contribution in [0, 0.1) is 0 Å². The van der Waals surface area contributed by atoms with E-state index in [1.54, 1.807) is 12.1 Å². The second-order valence-corrected chi connectivity index (χ2v) is 6.28. The van der Waals surface area contributed by atoms with E-state index in [0.717, 1.165) is 12.0 Å². The third-order valence-electron chi connectivity index (χ3n) is 2.50. The number of benzene rings is 1. The van der Waals surface area contributed by atoms with Crippen LogP contribution in [0.2, 0.25) is 0 Å². The highest BCUT2D eigenvalue weighted by Gasteiger charge is 2.16. The van der Waals surface area contributed by atoms with Crippen molar-refractivity contribution in [1.29, 1.82) is 0 Å². The Hall–Kier alpha value is -0.910. The number of nitrogens with one attached hydrogen (secondary N) is 2. The smallest absolute Gasteiger partial charge is 0.240 e. The van der Waals surface area contributed by atoms with Gasteiger partial charge in [-0.15, -0.1) is 0 Å². The van der Waals surface area contributed by atoms with Crippen LogP contribution in [-0.2, 0) is 16.6 Å². The first-order valence-corrected chi connectivity index (χ1v) is 7.76. The topological polar surface area (TPSA) is 58.2 Å². The molecular formula is C13H22N2O2S. The lowest BCUT2D eigenvalue weighted by atomic mass is 10.2. The molecule has 0 fully saturated rings. The minimum Gasteiger partial charge on any atom is -0.310 e. The standard InChI is InChI=1S/C13H22N2O2S/c1-4-9-15-18(16,17)13-8-6-5-7-12(13)10-14-11(2)3/h5-8,11,14-15H,4,9-10H2,1-3H3. The molecule has 0 aliphatic rings. The van der Waals surface area contributed by atoms with Crippen molar-refractivity contribution in [3.05, 3.63) is 29.8 Å². The van der Waals surface area contributed by atoms with Crippen LogP contribution in [-0.4, -0.2) is 21.0 Å². The molecule has 2 N–H and O–H groups in total. The van der Waals surface area contributed by atoms with Gasteiger partial charge in [-0.1, -0.05) is 39.0 Å². The van der Waals surface area contributed by atoms with E-state index in [0.29, 0.717) is 24.0 Å². The third-order valence-corrected chi connectivity index (χ3v) is 4.07. The van der Waals surface area contributed by atoms with E-state index < -0.39 is 10.0 Å². The molecule has 5 heteroatoms. The van der Waals surface area contributed by atoms with Gasteiger partial charge in [-0.05, 0) is 18.1 Å². The van der Waals surface area contributed by atoms with Crippen LogP contribution in [0.1, 0.15) is 32.8 Å². The summed E-state index contributed by atoms with van der Waals surface area (Å²) in [5.74, 6) is 0. The highest BCUT2D eigenvalue weighted by Crippen LogP contribution is 2.15. The van der Waals surface area contributed by atoms with Gasteiger partial charge < -0.3 is 5.32 Å². The van der Waals surface area contributed by atoms with E-state index in [1.807, 2.05) is 32.9 Å². The summed E-state index contributed by atoms with van der Waals surface area (Å²) < 4.78 is 26.8. The zero-order valence-electron chi connectivity index (χ0n) is 11.2. The molecule has 18 heavy (non-hydrogen) atoms. The number of rotatable bonds is 7. The fourth-order valence-electron chi connectivity index (χ4n) is 1.54. The molecule has 0 spiro atoms. The van der Waals surface area contributed by atoms with Crippen molar-refractivity contribution in [1.82, 2.24) is 10.0 Å². The van der Waals surface area contributed by atoms with Gasteiger partial charge in [0, 0.05) is 19.1 Å². The highest BCUT2D eigenvalue weighted by molar-refractivity contribution is 7.89. The molecule has 0 heterocycles. The lowest BCUT2D eigenvalue weighted by Crippen LogP contribution is -2.27. The molecule has 0 aliphatic carbocycles. The first-order chi connectivity index (χ1) is 8.47. The molecule has 0 amide bonds. The maximum absolute atomic E-state index is 12.1. The van der Waals surface area contributed by atoms with E-state index >= 15 is 0 Å². The van der Waals surface area contributed by atoms with Gasteiger partial charge in [0.25, 0.3) is 0 Å². The summed E-state index contributed by atoms with van der Waals surface area (Å²) in [6, 6.07) is 7.42. The van der Waals surface area contributed by atoms with Crippen molar-refractivity contribution in [2.45, 2.75) is 44.7 Å². The maximum Gasteiger partial charge on any atom is 0.240 e. The van der Waals surface area contributed by atoms with Gasteiger partial charge in [0.15, 0.2) is 0 Å². The predicted octanol–water partition coefficient (Wildman–Crippen LogP) is 1.87. The molecule has 0 unspecified atom stereocenters. The zero-order chi connectivity index (χ0) is 13.6. The number of hydrogen-bond acceptors (Lipinski definition) is 3. The summed E-state index contributed by atoms with van der Waals surface area (Å²) in [6.07, 6.45) is 0.783. The van der Waals surface area contributed by atoms with Crippen LogP contribution in [0.15, 0.2) is 29.2 Å². The average Bonchev–Trinajstić information content (AvgIpc) is 2.34. The molecule has 0 saturated carbocycles. The highest BCUT2D eigenvalue weighted by atomic mass is 32.2. The minimum atomic E-state index is -3.39. The van der Waals surface area contributed by atoms with Gasteiger partial charge in [0.05, 0.1) is 4.90 Å². The van der Waals surface area contributed by atoms with Crippen LogP contribution in [0.4, 0.5) is 0 Å². The molecule has 1 aromatic rings. The Morgan fingerprint density at radius 2 is 1.89 bits per heavy atom. The quantitative estimate of drug-likeness (QED) is 0.795. The molecule has 102 valence electrons. The summed E-state index contributed by atoms with van der Waals surface area (Å²) in [7, 11) is -3.39. The molecule has 0 aliphatic heterocycles. The lowest BCUT2D eigenvalue weighted by molar-refractivity contribution is 0.567. The number of sulfonamides is 1. The predicted molar refractivity (Wildman–Crippen MR) is 73.9 cm³/mol. The molecule has 1 rings (SSSR count). The zero-order valence-corrected chi connectivity index (χ0v) is 12.0. The molecule has 0 radical (unpaired) electrons. The molecule has 0 aromatic heterocycles. The SMILES string of the molecule is CCCNS(=O)(=O)c1ccccc1CNC(C)C. The summed E-state index contributed by atoms with van der Waals surface area (Å²) in [6.45, 7) is 7.03. The first kappa shape index (κ1) is 15.1. The van der Waals surface area contributed by atoms with Crippen molar-refractivity contribution in [2.24, 2.45) is 0 Å². The van der Waals surface area contributed by atoms with Gasteiger partial charge in [-0.2, -0.15) is 0 Å². The molecule has 0 saturated heterocycles. The van der Waals surface area contributed by atoms with Crippen molar-refractivity contribution >= 4 is 10.0 Å². The van der Waals surface area contributed by atoms with Crippen molar-refractivity contribution in [3.8, 4) is 0 Å². The van der Waals surface area contributed by atoms with Crippen LogP contribution < -0.4 is 10.0 Å². The molecule has 0 atom stereocenters. The minimum absolute atomic E-state index is 0.323. The fraction of sp³-hybridized carbons (Fsp3) is 0.538. The van der Waals surface area contributed by atoms with Crippen LogP contribution in [0.5, 0.6) is 0 Å². The second kappa shape index (κ2) is 6.87. The van der Waals surface area contributed by atoms with Crippen LogP contribution >= 0.6 is 0 Å². The molecular weight excluding hydrogens is 248 g/mol. The van der Waals surface area contributed by atoms with Crippen LogP contribution in [0.25, 0.3) is 0 Å². The monoisotopic (exact) mass is 270 g/mol. The molecule has 1 aromatic carbocycles. The summed E-state index contributed by atoms with van der Waals surface area (Å²) in [4.78, 5) is 0.367. The van der Waals surface area contributed by atoms with E-state index in [1.165, 1.54) is 0 Å². The van der Waals surface area contributed by atoms with Gasteiger partial charge in [0.2, 0.25) is 10.0 Å².